The van der Waals surface area contributed by atoms with Crippen molar-refractivity contribution in [3.8, 4) is 6.07 Å². The minimum Gasteiger partial charge on any atom is -0.294 e. The summed E-state index contributed by atoms with van der Waals surface area (Å²) in [6.45, 7) is 1.99. The fourth-order valence-corrected chi connectivity index (χ4v) is 2.30. The van der Waals surface area contributed by atoms with E-state index >= 15 is 0 Å². The van der Waals surface area contributed by atoms with Crippen LogP contribution < -0.4 is 0 Å². The van der Waals surface area contributed by atoms with Crippen molar-refractivity contribution in [3.05, 3.63) is 35.6 Å². The fraction of sp³-hybridized carbons (Fsp3) is 0.467. The van der Waals surface area contributed by atoms with Crippen LogP contribution in [-0.4, -0.2) is 30.3 Å². The molecule has 1 aromatic carbocycles. The van der Waals surface area contributed by atoms with Gasteiger partial charge in [-0.15, -0.1) is 0 Å². The Morgan fingerprint density at radius 1 is 1.32 bits per heavy atom. The summed E-state index contributed by atoms with van der Waals surface area (Å²) >= 11 is 0. The number of halogens is 1. The van der Waals surface area contributed by atoms with Crippen molar-refractivity contribution in [2.75, 3.05) is 19.6 Å². The highest BCUT2D eigenvalue weighted by Crippen LogP contribution is 2.21. The molecule has 1 saturated heterocycles. The number of ketones is 1. The molecule has 0 amide bonds. The van der Waals surface area contributed by atoms with E-state index in [2.05, 4.69) is 11.0 Å². The summed E-state index contributed by atoms with van der Waals surface area (Å²) in [7, 11) is 0. The molecule has 0 aliphatic carbocycles. The second-order valence-corrected chi connectivity index (χ2v) is 4.58. The van der Waals surface area contributed by atoms with Gasteiger partial charge in [-0.2, -0.15) is 5.26 Å². The zero-order valence-corrected chi connectivity index (χ0v) is 10.1. The van der Waals surface area contributed by atoms with Gasteiger partial charge in [0, 0.05) is 11.5 Å². The molecule has 0 N–H and O–H groups in total. The lowest BCUT2D eigenvalue weighted by atomic mass is 9.89. The highest BCUT2D eigenvalue weighted by molar-refractivity contribution is 5.97. The van der Waals surface area contributed by atoms with Gasteiger partial charge >= 0.3 is 0 Å². The number of piperidine rings is 1. The molecule has 2 rings (SSSR count). The molecule has 1 aliphatic rings. The van der Waals surface area contributed by atoms with Gasteiger partial charge in [0.1, 0.15) is 5.82 Å². The van der Waals surface area contributed by atoms with Gasteiger partial charge in [0.25, 0.3) is 0 Å². The second-order valence-electron chi connectivity index (χ2n) is 4.58. The number of carbonyl (C=O) groups is 1. The van der Waals surface area contributed by atoms with E-state index in [1.807, 2.05) is 0 Å². The van der Waals surface area contributed by atoms with Crippen molar-refractivity contribution >= 4 is 5.78 Å². The number of Topliss-reactive ketones (excluding diaryl/α,β-unsaturated/α-hetero) is 1. The zero-order chi connectivity index (χ0) is 13.0. The van der Waals surface area contributed by atoms with Crippen molar-refractivity contribution in [2.24, 2.45) is 5.92 Å². The van der Waals surface area contributed by atoms with Crippen LogP contribution in [0.3, 0.4) is 0 Å². The largest absolute Gasteiger partial charge is 0.294 e. The van der Waals surface area contributed by atoms with Crippen molar-refractivity contribution < 1.29 is 9.18 Å². The first-order chi connectivity index (χ1) is 8.70. The van der Waals surface area contributed by atoms with E-state index in [-0.39, 0.29) is 24.9 Å². The van der Waals surface area contributed by atoms with Crippen LogP contribution >= 0.6 is 0 Å². The van der Waals surface area contributed by atoms with E-state index in [4.69, 9.17) is 5.26 Å². The van der Waals surface area contributed by atoms with E-state index in [1.54, 1.807) is 12.1 Å². The van der Waals surface area contributed by atoms with Crippen LogP contribution in [0, 0.1) is 23.1 Å². The Morgan fingerprint density at radius 3 is 2.42 bits per heavy atom. The highest BCUT2D eigenvalue weighted by Gasteiger charge is 2.25. The summed E-state index contributed by atoms with van der Waals surface area (Å²) in [6, 6.07) is 7.84. The number of likely N-dealkylation sites (tertiary alicyclic amines) is 1. The Morgan fingerprint density at radius 2 is 1.89 bits per heavy atom. The van der Waals surface area contributed by atoms with Crippen LogP contribution in [-0.2, 0) is 0 Å². The molecule has 0 atom stereocenters. The quantitative estimate of drug-likeness (QED) is 0.621. The van der Waals surface area contributed by atoms with E-state index in [9.17, 15) is 9.18 Å². The molecule has 0 aromatic heterocycles. The van der Waals surface area contributed by atoms with Crippen molar-refractivity contribution in [3.63, 3.8) is 0 Å². The highest BCUT2D eigenvalue weighted by atomic mass is 19.1. The van der Waals surface area contributed by atoms with E-state index in [1.165, 1.54) is 12.1 Å². The number of rotatable bonds is 3. The molecule has 3 nitrogen and oxygen atoms in total. The van der Waals surface area contributed by atoms with Crippen molar-refractivity contribution in [2.45, 2.75) is 20.3 Å². The number of hydrogen-bond donors (Lipinski definition) is 0. The third kappa shape index (κ3) is 3.87. The maximum Gasteiger partial charge on any atom is 0.166 e. The van der Waals surface area contributed by atoms with E-state index in [0.29, 0.717) is 12.1 Å². The minimum absolute atomic E-state index is 0. The number of benzene rings is 1. The Labute approximate surface area is 113 Å². The first kappa shape index (κ1) is 15.3. The van der Waals surface area contributed by atoms with Crippen LogP contribution in [0.5, 0.6) is 0 Å². The molecule has 0 spiro atoms. The molecule has 1 aromatic rings. The smallest absolute Gasteiger partial charge is 0.166 e. The van der Waals surface area contributed by atoms with Crippen LogP contribution in [0.25, 0.3) is 0 Å². The van der Waals surface area contributed by atoms with Gasteiger partial charge in [-0.05, 0) is 50.2 Å². The molecule has 4 heteroatoms. The lowest BCUT2D eigenvalue weighted by molar-refractivity contribution is 0.0849. The van der Waals surface area contributed by atoms with Crippen molar-refractivity contribution in [1.29, 1.82) is 5.26 Å². The first-order valence-electron chi connectivity index (χ1n) is 6.10. The summed E-state index contributed by atoms with van der Waals surface area (Å²) in [5.41, 5.74) is 0.579. The fourth-order valence-electron chi connectivity index (χ4n) is 2.30. The maximum absolute atomic E-state index is 12.8. The van der Waals surface area contributed by atoms with Gasteiger partial charge in [0.05, 0.1) is 12.6 Å². The summed E-state index contributed by atoms with van der Waals surface area (Å²) in [4.78, 5) is 14.2. The molecule has 0 radical (unpaired) electrons. The van der Waals surface area contributed by atoms with Gasteiger partial charge in [-0.3, -0.25) is 9.69 Å². The molecule has 1 heterocycles. The molecule has 0 bridgehead atoms. The van der Waals surface area contributed by atoms with Gasteiger partial charge < -0.3 is 0 Å². The van der Waals surface area contributed by atoms with Crippen LogP contribution in [0.4, 0.5) is 4.39 Å². The number of carbonyl (C=O) groups excluding carboxylic acids is 1. The standard InChI is InChI=1S/C14H15FN2O.CH4/c15-13-3-1-11(2-4-13)14(18)12-5-8-17(9-6-12)10-7-16;/h1-4,12H,5-6,8-10H2;1H4. The topological polar surface area (TPSA) is 44.1 Å². The minimum atomic E-state index is -0.324. The average molecular weight is 262 g/mol. The first-order valence-corrected chi connectivity index (χ1v) is 6.10. The number of hydrogen-bond acceptors (Lipinski definition) is 3. The van der Waals surface area contributed by atoms with Gasteiger partial charge in [-0.1, -0.05) is 7.43 Å². The lowest BCUT2D eigenvalue weighted by Crippen LogP contribution is -2.36. The summed E-state index contributed by atoms with van der Waals surface area (Å²) in [5, 5.41) is 8.60. The Hall–Kier alpha value is -1.73. The molecule has 1 aliphatic heterocycles. The van der Waals surface area contributed by atoms with E-state index in [0.717, 1.165) is 25.9 Å². The Balaban J connectivity index is 0.00000180. The third-order valence-electron chi connectivity index (χ3n) is 3.38. The molecule has 102 valence electrons. The SMILES string of the molecule is C.N#CCN1CCC(C(=O)c2ccc(F)cc2)CC1. The summed E-state index contributed by atoms with van der Waals surface area (Å²) in [5.74, 6) is -0.229. The van der Waals surface area contributed by atoms with Gasteiger partial charge in [0.2, 0.25) is 0 Å². The molecule has 0 unspecified atom stereocenters. The van der Waals surface area contributed by atoms with Gasteiger partial charge in [-0.25, -0.2) is 4.39 Å². The van der Waals surface area contributed by atoms with Crippen LogP contribution in [0.1, 0.15) is 30.6 Å². The van der Waals surface area contributed by atoms with E-state index < -0.39 is 0 Å². The zero-order valence-electron chi connectivity index (χ0n) is 10.1. The summed E-state index contributed by atoms with van der Waals surface area (Å²) in [6.07, 6.45) is 1.55. The normalized spacial score (nSPS) is 16.4. The monoisotopic (exact) mass is 262 g/mol. The molecular weight excluding hydrogens is 243 g/mol. The molecule has 19 heavy (non-hydrogen) atoms. The Bertz CT molecular complexity index is 456. The maximum atomic E-state index is 12.8. The lowest BCUT2D eigenvalue weighted by Gasteiger charge is -2.29. The predicted molar refractivity (Wildman–Crippen MR) is 72.2 cm³/mol. The number of nitrogens with zero attached hydrogens (tertiary/aromatic N) is 2. The van der Waals surface area contributed by atoms with Crippen LogP contribution in [0.2, 0.25) is 0 Å². The average Bonchev–Trinajstić information content (AvgIpc) is 2.40. The predicted octanol–water partition coefficient (Wildman–Crippen LogP) is 2.88. The van der Waals surface area contributed by atoms with Crippen molar-refractivity contribution in [1.82, 2.24) is 4.90 Å². The molecule has 0 saturated carbocycles. The summed E-state index contributed by atoms with van der Waals surface area (Å²) < 4.78 is 12.8. The second kappa shape index (κ2) is 7.01. The third-order valence-corrected chi connectivity index (χ3v) is 3.38. The number of nitriles is 1. The molecule has 1 fully saturated rings. The van der Waals surface area contributed by atoms with Crippen LogP contribution in [0.15, 0.2) is 24.3 Å². The van der Waals surface area contributed by atoms with Gasteiger partial charge in [0.15, 0.2) is 5.78 Å². The molecular formula is C15H19FN2O. The Kier molecular flexibility index (Phi) is 5.65.